The van der Waals surface area contributed by atoms with E-state index in [0.29, 0.717) is 0 Å². The summed E-state index contributed by atoms with van der Waals surface area (Å²) in [6, 6.07) is 14.4. The molecule has 1 heterocycles. The normalized spacial score (nSPS) is 11.1. The number of benzene rings is 1. The lowest BCUT2D eigenvalue weighted by Gasteiger charge is -2.01. The van der Waals surface area contributed by atoms with Crippen LogP contribution in [-0.4, -0.2) is 17.5 Å². The van der Waals surface area contributed by atoms with E-state index in [1.807, 2.05) is 18.2 Å². The predicted molar refractivity (Wildman–Crippen MR) is 96.1 cm³/mol. The third-order valence-electron chi connectivity index (χ3n) is 2.51. The fourth-order valence-electron chi connectivity index (χ4n) is 1.62. The molecular formula is C17H19NS2. The van der Waals surface area contributed by atoms with Crippen molar-refractivity contribution in [2.75, 3.05) is 12.5 Å². The van der Waals surface area contributed by atoms with Crippen molar-refractivity contribution >= 4 is 36.0 Å². The van der Waals surface area contributed by atoms with E-state index in [0.717, 1.165) is 5.56 Å². The van der Waals surface area contributed by atoms with Crippen molar-refractivity contribution in [1.82, 2.24) is 4.98 Å². The van der Waals surface area contributed by atoms with E-state index in [4.69, 9.17) is 0 Å². The topological polar surface area (TPSA) is 12.9 Å². The molecule has 0 saturated heterocycles. The van der Waals surface area contributed by atoms with E-state index < -0.39 is 0 Å². The van der Waals surface area contributed by atoms with Crippen molar-refractivity contribution in [3.8, 4) is 0 Å². The summed E-state index contributed by atoms with van der Waals surface area (Å²) in [6.45, 7) is 0. The van der Waals surface area contributed by atoms with E-state index in [1.165, 1.54) is 11.1 Å². The summed E-state index contributed by atoms with van der Waals surface area (Å²) in [5.41, 5.74) is 3.62. The van der Waals surface area contributed by atoms with E-state index in [2.05, 4.69) is 65.7 Å². The van der Waals surface area contributed by atoms with Crippen LogP contribution >= 0.6 is 24.4 Å². The molecule has 0 atom stereocenters. The minimum Gasteiger partial charge on any atom is -0.265 e. The van der Waals surface area contributed by atoms with Gasteiger partial charge in [0.2, 0.25) is 0 Å². The molecule has 0 aliphatic carbocycles. The van der Waals surface area contributed by atoms with Crippen molar-refractivity contribution in [2.24, 2.45) is 0 Å². The lowest BCUT2D eigenvalue weighted by molar-refractivity contribution is 1.32. The van der Waals surface area contributed by atoms with Crippen molar-refractivity contribution in [3.63, 3.8) is 0 Å². The molecule has 0 N–H and O–H groups in total. The summed E-state index contributed by atoms with van der Waals surface area (Å²) in [6.07, 6.45) is 11.6. The summed E-state index contributed by atoms with van der Waals surface area (Å²) in [5.74, 6) is 0. The van der Waals surface area contributed by atoms with Gasteiger partial charge in [-0.15, -0.1) is 11.8 Å². The monoisotopic (exact) mass is 301 g/mol. The van der Waals surface area contributed by atoms with Crippen molar-refractivity contribution < 1.29 is 0 Å². The maximum atomic E-state index is 4.01. The highest BCUT2D eigenvalue weighted by molar-refractivity contribution is 8.01. The molecule has 3 heteroatoms. The molecule has 20 heavy (non-hydrogen) atoms. The zero-order valence-corrected chi connectivity index (χ0v) is 13.4. The largest absolute Gasteiger partial charge is 0.265 e. The number of thiol groups is 1. The van der Waals surface area contributed by atoms with Crippen LogP contribution in [0.5, 0.6) is 0 Å². The summed E-state index contributed by atoms with van der Waals surface area (Å²) < 4.78 is 0. The SMILES string of the molecule is CS.CS/C=C(/C=C\c1ccncc1)c1ccccc1. The maximum Gasteiger partial charge on any atom is 0.0273 e. The molecule has 0 radical (unpaired) electrons. The number of nitrogens with zero attached hydrogens (tertiary/aromatic N) is 1. The number of allylic oxidation sites excluding steroid dienone is 2. The van der Waals surface area contributed by atoms with Crippen molar-refractivity contribution in [3.05, 3.63) is 77.5 Å². The van der Waals surface area contributed by atoms with Gasteiger partial charge in [0, 0.05) is 12.4 Å². The molecule has 0 unspecified atom stereocenters. The molecule has 0 amide bonds. The van der Waals surface area contributed by atoms with Crippen LogP contribution in [0, 0.1) is 0 Å². The minimum absolute atomic E-state index is 1.16. The Morgan fingerprint density at radius 1 is 1.05 bits per heavy atom. The third kappa shape index (κ3) is 5.68. The first-order valence-corrected chi connectivity index (χ1v) is 8.39. The van der Waals surface area contributed by atoms with Gasteiger partial charge in [0.05, 0.1) is 0 Å². The summed E-state index contributed by atoms with van der Waals surface area (Å²) in [7, 11) is 0. The van der Waals surface area contributed by atoms with Gasteiger partial charge < -0.3 is 0 Å². The first kappa shape index (κ1) is 16.6. The molecule has 104 valence electrons. The molecular weight excluding hydrogens is 282 g/mol. The molecule has 2 rings (SSSR count). The smallest absolute Gasteiger partial charge is 0.0273 e. The second kappa shape index (κ2) is 10.4. The average molecular weight is 301 g/mol. The van der Waals surface area contributed by atoms with Gasteiger partial charge in [-0.2, -0.15) is 12.6 Å². The van der Waals surface area contributed by atoms with Gasteiger partial charge in [0.15, 0.2) is 0 Å². The van der Waals surface area contributed by atoms with Gasteiger partial charge in [-0.05, 0) is 46.8 Å². The van der Waals surface area contributed by atoms with Crippen LogP contribution in [0.4, 0.5) is 0 Å². The van der Waals surface area contributed by atoms with Crippen molar-refractivity contribution in [1.29, 1.82) is 0 Å². The molecule has 0 spiro atoms. The molecule has 1 aromatic carbocycles. The van der Waals surface area contributed by atoms with Gasteiger partial charge in [-0.1, -0.05) is 42.5 Å². The van der Waals surface area contributed by atoms with E-state index in [-0.39, 0.29) is 0 Å². The molecule has 1 nitrogen and oxygen atoms in total. The molecule has 2 aromatic rings. The summed E-state index contributed by atoms with van der Waals surface area (Å²) in [5, 5.41) is 2.16. The highest BCUT2D eigenvalue weighted by Crippen LogP contribution is 2.19. The Bertz CT molecular complexity index is 533. The maximum absolute atomic E-state index is 4.01. The first-order valence-electron chi connectivity index (χ1n) is 6.21. The molecule has 0 aliphatic heterocycles. The Balaban J connectivity index is 0.000000956. The Morgan fingerprint density at radius 2 is 1.70 bits per heavy atom. The fraction of sp³-hybridized carbons (Fsp3) is 0.118. The zero-order valence-electron chi connectivity index (χ0n) is 11.7. The Morgan fingerprint density at radius 3 is 2.30 bits per heavy atom. The Kier molecular flexibility index (Phi) is 8.59. The van der Waals surface area contributed by atoms with Crippen LogP contribution in [0.3, 0.4) is 0 Å². The minimum atomic E-state index is 1.16. The quantitative estimate of drug-likeness (QED) is 0.627. The van der Waals surface area contributed by atoms with Gasteiger partial charge in [0.25, 0.3) is 0 Å². The molecule has 0 saturated carbocycles. The second-order valence-corrected chi connectivity index (χ2v) is 4.50. The lowest BCUT2D eigenvalue weighted by Crippen LogP contribution is -1.79. The van der Waals surface area contributed by atoms with Crippen molar-refractivity contribution in [2.45, 2.75) is 0 Å². The molecule has 0 aliphatic rings. The molecule has 1 aromatic heterocycles. The van der Waals surface area contributed by atoms with E-state index in [1.54, 1.807) is 30.4 Å². The summed E-state index contributed by atoms with van der Waals surface area (Å²) >= 11 is 5.24. The second-order valence-electron chi connectivity index (χ2n) is 3.79. The van der Waals surface area contributed by atoms with Gasteiger partial charge in [-0.25, -0.2) is 0 Å². The van der Waals surface area contributed by atoms with E-state index in [9.17, 15) is 0 Å². The fourth-order valence-corrected chi connectivity index (χ4v) is 2.09. The van der Waals surface area contributed by atoms with Crippen LogP contribution in [0.25, 0.3) is 11.6 Å². The van der Waals surface area contributed by atoms with Gasteiger partial charge in [0.1, 0.15) is 0 Å². The summed E-state index contributed by atoms with van der Waals surface area (Å²) in [4.78, 5) is 4.01. The number of hydrogen-bond donors (Lipinski definition) is 1. The Labute approximate surface area is 131 Å². The third-order valence-corrected chi connectivity index (χ3v) is 3.00. The zero-order chi connectivity index (χ0) is 14.6. The van der Waals surface area contributed by atoms with E-state index >= 15 is 0 Å². The van der Waals surface area contributed by atoms with Gasteiger partial charge >= 0.3 is 0 Å². The predicted octanol–water partition coefficient (Wildman–Crippen LogP) is 5.04. The van der Waals surface area contributed by atoms with Crippen LogP contribution < -0.4 is 0 Å². The van der Waals surface area contributed by atoms with Gasteiger partial charge in [-0.3, -0.25) is 4.98 Å². The molecule has 0 bridgehead atoms. The number of hydrogen-bond acceptors (Lipinski definition) is 3. The standard InChI is InChI=1S/C16H15NS.CH4S/c1-18-13-16(15-5-3-2-4-6-15)8-7-14-9-11-17-12-10-14;1-2/h2-13H,1H3;2H,1H3/b8-7-,16-13-;. The first-order chi connectivity index (χ1) is 9.90. The van der Waals surface area contributed by atoms with Crippen LogP contribution in [0.1, 0.15) is 11.1 Å². The molecule has 0 fully saturated rings. The number of rotatable bonds is 4. The highest BCUT2D eigenvalue weighted by atomic mass is 32.2. The highest BCUT2D eigenvalue weighted by Gasteiger charge is 1.96. The average Bonchev–Trinajstić information content (AvgIpc) is 2.55. The van der Waals surface area contributed by atoms with Crippen LogP contribution in [-0.2, 0) is 0 Å². The number of aromatic nitrogens is 1. The van der Waals surface area contributed by atoms with Crippen LogP contribution in [0.15, 0.2) is 66.3 Å². The lowest BCUT2D eigenvalue weighted by atomic mass is 10.1. The number of pyridine rings is 1. The Hall–Kier alpha value is -1.45. The number of thioether (sulfide) groups is 1. The van der Waals surface area contributed by atoms with Crippen LogP contribution in [0.2, 0.25) is 0 Å².